The Morgan fingerprint density at radius 1 is 1.20 bits per heavy atom. The summed E-state index contributed by atoms with van der Waals surface area (Å²) in [6.45, 7) is 11.0. The van der Waals surface area contributed by atoms with Gasteiger partial charge in [0.2, 0.25) is 5.95 Å². The van der Waals surface area contributed by atoms with Crippen LogP contribution in [0.5, 0.6) is 0 Å². The number of thiophene rings is 1. The molecule has 2 N–H and O–H groups in total. The second-order valence-corrected chi connectivity index (χ2v) is 5.30. The van der Waals surface area contributed by atoms with Crippen molar-refractivity contribution in [3.63, 3.8) is 0 Å². The molecule has 0 fully saturated rings. The Hall–Kier alpha value is -1.88. The lowest BCUT2D eigenvalue weighted by Crippen LogP contribution is -2.07. The second kappa shape index (κ2) is 7.05. The van der Waals surface area contributed by atoms with E-state index in [1.54, 1.807) is 17.4 Å². The number of hydrogen-bond acceptors (Lipinski definition) is 5. The van der Waals surface area contributed by atoms with Crippen LogP contribution in [0.1, 0.15) is 18.9 Å². The second-order valence-electron chi connectivity index (χ2n) is 4.42. The van der Waals surface area contributed by atoms with E-state index in [1.165, 1.54) is 5.56 Å². The Morgan fingerprint density at radius 2 is 1.95 bits per heavy atom. The highest BCUT2D eigenvalue weighted by Gasteiger charge is 2.12. The predicted octanol–water partition coefficient (Wildman–Crippen LogP) is 3.84. The quantitative estimate of drug-likeness (QED) is 0.725. The van der Waals surface area contributed by atoms with Crippen LogP contribution >= 0.6 is 11.3 Å². The molecule has 0 aliphatic carbocycles. The number of hydrogen-bond donors (Lipinski definition) is 2. The van der Waals surface area contributed by atoms with Gasteiger partial charge in [-0.1, -0.05) is 25.5 Å². The van der Waals surface area contributed by atoms with E-state index in [-0.39, 0.29) is 0 Å². The van der Waals surface area contributed by atoms with Gasteiger partial charge in [-0.25, -0.2) is 4.98 Å². The van der Waals surface area contributed by atoms with E-state index in [4.69, 9.17) is 0 Å². The Morgan fingerprint density at radius 3 is 2.65 bits per heavy atom. The fourth-order valence-electron chi connectivity index (χ4n) is 1.94. The summed E-state index contributed by atoms with van der Waals surface area (Å²) in [5.41, 5.74) is 2.34. The third-order valence-electron chi connectivity index (χ3n) is 2.83. The number of aromatic nitrogens is 2. The number of fused-ring (bicyclic) bond motifs is 1. The van der Waals surface area contributed by atoms with Gasteiger partial charge in [-0.15, -0.1) is 24.5 Å². The van der Waals surface area contributed by atoms with Crippen LogP contribution in [-0.2, 0) is 6.42 Å². The Bertz CT molecular complexity index is 603. The zero-order chi connectivity index (χ0) is 14.4. The minimum Gasteiger partial charge on any atom is -0.365 e. The van der Waals surface area contributed by atoms with E-state index >= 15 is 0 Å². The van der Waals surface area contributed by atoms with Crippen molar-refractivity contribution in [3.8, 4) is 0 Å². The first-order valence-electron chi connectivity index (χ1n) is 6.77. The van der Waals surface area contributed by atoms with Gasteiger partial charge in [-0.3, -0.25) is 0 Å². The lowest BCUT2D eigenvalue weighted by Gasteiger charge is -2.08. The minimum absolute atomic E-state index is 0.639. The largest absolute Gasteiger partial charge is 0.365 e. The van der Waals surface area contributed by atoms with Crippen LogP contribution in [0.25, 0.3) is 10.2 Å². The smallest absolute Gasteiger partial charge is 0.225 e. The van der Waals surface area contributed by atoms with Crippen molar-refractivity contribution in [3.05, 3.63) is 36.3 Å². The topological polar surface area (TPSA) is 49.8 Å². The van der Waals surface area contributed by atoms with E-state index in [0.29, 0.717) is 19.0 Å². The van der Waals surface area contributed by atoms with Crippen LogP contribution < -0.4 is 10.6 Å². The molecule has 106 valence electrons. The Balaban J connectivity index is 2.44. The van der Waals surface area contributed by atoms with Gasteiger partial charge >= 0.3 is 0 Å². The molecular weight excluding hydrogens is 268 g/mol. The van der Waals surface area contributed by atoms with Crippen molar-refractivity contribution in [1.29, 1.82) is 0 Å². The molecule has 0 saturated heterocycles. The van der Waals surface area contributed by atoms with Gasteiger partial charge < -0.3 is 10.6 Å². The molecule has 2 heterocycles. The van der Waals surface area contributed by atoms with Gasteiger partial charge in [0.15, 0.2) is 0 Å². The highest BCUT2D eigenvalue weighted by Crippen LogP contribution is 2.31. The molecule has 2 rings (SSSR count). The van der Waals surface area contributed by atoms with E-state index in [2.05, 4.69) is 46.1 Å². The van der Waals surface area contributed by atoms with Gasteiger partial charge in [0.05, 0.1) is 10.2 Å². The van der Waals surface area contributed by atoms with Crippen molar-refractivity contribution in [2.45, 2.75) is 19.8 Å². The SMILES string of the molecule is C=CCNc1nc(NCC=C)c2scc(CCC)c2n1. The Labute approximate surface area is 123 Å². The number of rotatable bonds is 8. The van der Waals surface area contributed by atoms with E-state index < -0.39 is 0 Å². The molecule has 20 heavy (non-hydrogen) atoms. The molecule has 0 aliphatic heterocycles. The maximum atomic E-state index is 4.63. The van der Waals surface area contributed by atoms with Gasteiger partial charge in [-0.2, -0.15) is 4.98 Å². The normalized spacial score (nSPS) is 10.4. The summed E-state index contributed by atoms with van der Waals surface area (Å²) in [6.07, 6.45) is 5.77. The molecule has 0 spiro atoms. The first-order chi connectivity index (χ1) is 9.80. The lowest BCUT2D eigenvalue weighted by atomic mass is 10.2. The molecule has 0 saturated carbocycles. The fourth-order valence-corrected chi connectivity index (χ4v) is 2.95. The van der Waals surface area contributed by atoms with Crippen molar-refractivity contribution < 1.29 is 0 Å². The predicted molar refractivity (Wildman–Crippen MR) is 88.8 cm³/mol. The van der Waals surface area contributed by atoms with Crippen LogP contribution in [0.15, 0.2) is 30.7 Å². The van der Waals surface area contributed by atoms with Crippen molar-refractivity contribution in [2.24, 2.45) is 0 Å². The standard InChI is InChI=1S/C15H20N4S/c1-4-7-11-10-20-13-12(11)18-15(17-9-6-3)19-14(13)16-8-5-2/h5-6,10H,2-4,7-9H2,1H3,(H2,16,17,18,19). The monoisotopic (exact) mass is 288 g/mol. The summed E-state index contributed by atoms with van der Waals surface area (Å²) in [4.78, 5) is 9.17. The summed E-state index contributed by atoms with van der Waals surface area (Å²) in [7, 11) is 0. The van der Waals surface area contributed by atoms with Crippen molar-refractivity contribution >= 4 is 33.3 Å². The zero-order valence-corrected chi connectivity index (χ0v) is 12.6. The third-order valence-corrected chi connectivity index (χ3v) is 3.85. The van der Waals surface area contributed by atoms with Crippen LogP contribution in [0.4, 0.5) is 11.8 Å². The van der Waals surface area contributed by atoms with Crippen molar-refractivity contribution in [2.75, 3.05) is 23.7 Å². The summed E-state index contributed by atoms with van der Waals surface area (Å²) >= 11 is 1.69. The minimum atomic E-state index is 0.639. The zero-order valence-electron chi connectivity index (χ0n) is 11.8. The molecule has 2 aromatic heterocycles. The fraction of sp³-hybridized carbons (Fsp3) is 0.333. The number of aryl methyl sites for hydroxylation is 1. The molecule has 0 radical (unpaired) electrons. The van der Waals surface area contributed by atoms with Crippen LogP contribution in [0.2, 0.25) is 0 Å². The molecular formula is C15H20N4S. The number of anilines is 2. The summed E-state index contributed by atoms with van der Waals surface area (Å²) < 4.78 is 1.11. The molecule has 0 bridgehead atoms. The van der Waals surface area contributed by atoms with E-state index in [0.717, 1.165) is 28.9 Å². The van der Waals surface area contributed by atoms with Crippen LogP contribution in [-0.4, -0.2) is 23.1 Å². The van der Waals surface area contributed by atoms with Crippen LogP contribution in [0, 0.1) is 0 Å². The molecule has 0 aromatic carbocycles. The third kappa shape index (κ3) is 3.17. The number of nitrogens with zero attached hydrogens (tertiary/aromatic N) is 2. The maximum Gasteiger partial charge on any atom is 0.225 e. The molecule has 2 aromatic rings. The van der Waals surface area contributed by atoms with E-state index in [9.17, 15) is 0 Å². The maximum absolute atomic E-state index is 4.63. The van der Waals surface area contributed by atoms with Gasteiger partial charge in [-0.05, 0) is 17.4 Å². The molecule has 0 unspecified atom stereocenters. The van der Waals surface area contributed by atoms with Gasteiger partial charge in [0, 0.05) is 13.1 Å². The average Bonchev–Trinajstić information content (AvgIpc) is 2.86. The highest BCUT2D eigenvalue weighted by molar-refractivity contribution is 7.18. The average molecular weight is 288 g/mol. The molecule has 0 amide bonds. The van der Waals surface area contributed by atoms with Gasteiger partial charge in [0.1, 0.15) is 5.82 Å². The van der Waals surface area contributed by atoms with Gasteiger partial charge in [0.25, 0.3) is 0 Å². The summed E-state index contributed by atoms with van der Waals surface area (Å²) in [5, 5.41) is 8.63. The first kappa shape index (κ1) is 14.5. The lowest BCUT2D eigenvalue weighted by molar-refractivity contribution is 0.929. The molecule has 0 aliphatic rings. The van der Waals surface area contributed by atoms with Crippen LogP contribution in [0.3, 0.4) is 0 Å². The first-order valence-corrected chi connectivity index (χ1v) is 7.65. The van der Waals surface area contributed by atoms with Crippen molar-refractivity contribution in [1.82, 2.24) is 9.97 Å². The molecule has 0 atom stereocenters. The summed E-state index contributed by atoms with van der Waals surface area (Å²) in [6, 6.07) is 0. The van der Waals surface area contributed by atoms with E-state index in [1.807, 2.05) is 6.08 Å². The summed E-state index contributed by atoms with van der Waals surface area (Å²) in [5.74, 6) is 1.51. The number of nitrogens with one attached hydrogen (secondary N) is 2. The molecule has 4 nitrogen and oxygen atoms in total. The Kier molecular flexibility index (Phi) is 5.12. The molecule has 5 heteroatoms. The highest BCUT2D eigenvalue weighted by atomic mass is 32.1.